The first-order chi connectivity index (χ1) is 17.3. The average molecular weight is 509 g/mol. The Hall–Kier alpha value is -3.29. The maximum absolute atomic E-state index is 14.4. The lowest BCUT2D eigenvalue weighted by atomic mass is 9.93. The molecule has 36 heavy (non-hydrogen) atoms. The number of rotatable bonds is 9. The second-order valence-corrected chi connectivity index (χ2v) is 16.0. The predicted octanol–water partition coefficient (Wildman–Crippen LogP) is 4.96. The molecule has 0 unspecified atom stereocenters. The number of pyridine rings is 1. The summed E-state index contributed by atoms with van der Waals surface area (Å²) in [4.78, 5) is 6.16. The van der Waals surface area contributed by atoms with Gasteiger partial charge in [-0.1, -0.05) is 31.8 Å². The summed E-state index contributed by atoms with van der Waals surface area (Å²) in [5, 5.41) is 18.2. The maximum Gasteiger partial charge on any atom is 0.255 e. The molecule has 0 N–H and O–H groups in total. The van der Waals surface area contributed by atoms with Gasteiger partial charge in [0.15, 0.2) is 12.5 Å². The maximum atomic E-state index is 14.4. The van der Waals surface area contributed by atoms with E-state index in [0.717, 1.165) is 49.1 Å². The topological polar surface area (TPSA) is 89.1 Å². The molecule has 1 saturated heterocycles. The summed E-state index contributed by atoms with van der Waals surface area (Å²) in [6.07, 6.45) is 5.01. The van der Waals surface area contributed by atoms with Crippen LogP contribution in [0.4, 0.5) is 10.1 Å². The van der Waals surface area contributed by atoms with Crippen molar-refractivity contribution in [3.8, 4) is 22.9 Å². The van der Waals surface area contributed by atoms with Crippen molar-refractivity contribution in [2.24, 2.45) is 7.05 Å². The zero-order valence-electron chi connectivity index (χ0n) is 21.4. The van der Waals surface area contributed by atoms with Crippen molar-refractivity contribution in [3.05, 3.63) is 54.1 Å². The number of aromatic nitrogens is 4. The summed E-state index contributed by atoms with van der Waals surface area (Å²) < 4.78 is 27.6. The van der Waals surface area contributed by atoms with Crippen LogP contribution < -0.4 is 9.64 Å². The van der Waals surface area contributed by atoms with Gasteiger partial charge in [-0.3, -0.25) is 0 Å². The van der Waals surface area contributed by atoms with Crippen LogP contribution in [0.1, 0.15) is 30.1 Å². The molecule has 1 aromatic carbocycles. The molecule has 1 aliphatic rings. The highest BCUT2D eigenvalue weighted by atomic mass is 28.3. The molecule has 0 aliphatic carbocycles. The van der Waals surface area contributed by atoms with Gasteiger partial charge in [-0.2, -0.15) is 9.65 Å². The molecule has 0 radical (unpaired) electrons. The van der Waals surface area contributed by atoms with E-state index in [1.165, 1.54) is 6.20 Å². The van der Waals surface area contributed by atoms with Gasteiger partial charge in [-0.05, 0) is 31.0 Å². The third-order valence-electron chi connectivity index (χ3n) is 6.49. The van der Waals surface area contributed by atoms with Crippen molar-refractivity contribution < 1.29 is 13.9 Å². The van der Waals surface area contributed by atoms with E-state index in [2.05, 4.69) is 45.8 Å². The van der Waals surface area contributed by atoms with Gasteiger partial charge >= 0.3 is 0 Å². The van der Waals surface area contributed by atoms with Crippen molar-refractivity contribution in [2.45, 2.75) is 44.4 Å². The Morgan fingerprint density at radius 3 is 2.67 bits per heavy atom. The molecule has 8 nitrogen and oxygen atoms in total. The molecule has 0 saturated carbocycles. The molecular formula is C26H33FN6O2Si. The largest absolute Gasteiger partial charge is 0.463 e. The fraction of sp³-hybridized carbons (Fsp3) is 0.462. The molecule has 190 valence electrons. The van der Waals surface area contributed by atoms with E-state index in [0.29, 0.717) is 23.7 Å². The van der Waals surface area contributed by atoms with Gasteiger partial charge in [-0.15, -0.1) is 10.2 Å². The van der Waals surface area contributed by atoms with Gasteiger partial charge in [0.1, 0.15) is 18.2 Å². The zero-order valence-corrected chi connectivity index (χ0v) is 22.4. The fourth-order valence-electron chi connectivity index (χ4n) is 4.45. The number of piperidine rings is 1. The van der Waals surface area contributed by atoms with Crippen molar-refractivity contribution >= 4 is 13.8 Å². The number of anilines is 1. The number of benzene rings is 1. The normalized spacial score (nSPS) is 14.6. The monoisotopic (exact) mass is 508 g/mol. The van der Waals surface area contributed by atoms with Gasteiger partial charge in [0, 0.05) is 58.1 Å². The van der Waals surface area contributed by atoms with Crippen molar-refractivity contribution in [2.75, 3.05) is 31.4 Å². The molecule has 3 aromatic rings. The van der Waals surface area contributed by atoms with Crippen LogP contribution >= 0.6 is 0 Å². The Balaban J connectivity index is 1.52. The lowest BCUT2D eigenvalue weighted by Crippen LogP contribution is -2.34. The third-order valence-corrected chi connectivity index (χ3v) is 8.20. The summed E-state index contributed by atoms with van der Waals surface area (Å²) >= 11 is 0. The highest BCUT2D eigenvalue weighted by Crippen LogP contribution is 2.38. The molecule has 0 spiro atoms. The molecular weight excluding hydrogens is 475 g/mol. The first-order valence-corrected chi connectivity index (χ1v) is 16.0. The molecule has 0 atom stereocenters. The summed E-state index contributed by atoms with van der Waals surface area (Å²) in [6.45, 7) is 8.91. The van der Waals surface area contributed by atoms with Crippen LogP contribution in [-0.4, -0.2) is 54.3 Å². The van der Waals surface area contributed by atoms with E-state index in [4.69, 9.17) is 9.47 Å². The second kappa shape index (κ2) is 11.2. The molecule has 3 heterocycles. The number of halogens is 1. The third kappa shape index (κ3) is 6.09. The van der Waals surface area contributed by atoms with E-state index in [1.807, 2.05) is 29.8 Å². The quantitative estimate of drug-likeness (QED) is 0.175. The molecule has 1 fully saturated rings. The molecule has 2 aromatic heterocycles. The number of hydrogen-bond acceptors (Lipinski definition) is 7. The van der Waals surface area contributed by atoms with Gasteiger partial charge in [-0.25, -0.2) is 4.98 Å². The minimum atomic E-state index is -1.21. The van der Waals surface area contributed by atoms with E-state index >= 15 is 0 Å². The Bertz CT molecular complexity index is 1230. The molecule has 0 bridgehead atoms. The van der Waals surface area contributed by atoms with E-state index in [9.17, 15) is 9.65 Å². The van der Waals surface area contributed by atoms with E-state index < -0.39 is 14.0 Å². The smallest absolute Gasteiger partial charge is 0.255 e. The minimum absolute atomic E-state index is 0.0345. The first kappa shape index (κ1) is 25.8. The van der Waals surface area contributed by atoms with Gasteiger partial charge in [0.05, 0.1) is 11.3 Å². The van der Waals surface area contributed by atoms with Gasteiger partial charge in [0.25, 0.3) is 5.95 Å². The van der Waals surface area contributed by atoms with E-state index in [1.54, 1.807) is 12.4 Å². The SMILES string of the molecule is Cn1cnnc1C1CCN(c2c(C#N)cccc2-c2cnc(F)c(OCOCC[Si](C)(C)C)c2)CC1. The summed E-state index contributed by atoms with van der Waals surface area (Å²) in [7, 11) is 0.750. The minimum Gasteiger partial charge on any atom is -0.463 e. The molecule has 1 aliphatic heterocycles. The predicted molar refractivity (Wildman–Crippen MR) is 139 cm³/mol. The molecule has 0 amide bonds. The number of para-hydroxylation sites is 1. The summed E-state index contributed by atoms with van der Waals surface area (Å²) in [6, 6.07) is 10.6. The van der Waals surface area contributed by atoms with E-state index in [-0.39, 0.29) is 12.5 Å². The second-order valence-electron chi connectivity index (χ2n) is 10.4. The highest BCUT2D eigenvalue weighted by molar-refractivity contribution is 6.76. The van der Waals surface area contributed by atoms with Crippen LogP contribution in [0.5, 0.6) is 5.75 Å². The first-order valence-electron chi connectivity index (χ1n) is 12.3. The van der Waals surface area contributed by atoms with Gasteiger partial charge in [0.2, 0.25) is 0 Å². The highest BCUT2D eigenvalue weighted by Gasteiger charge is 2.27. The van der Waals surface area contributed by atoms with Crippen LogP contribution in [0.25, 0.3) is 11.1 Å². The Labute approximate surface area is 212 Å². The molecule has 4 rings (SSSR count). The lowest BCUT2D eigenvalue weighted by Gasteiger charge is -2.35. The van der Waals surface area contributed by atoms with Crippen LogP contribution in [-0.2, 0) is 11.8 Å². The molecule has 10 heteroatoms. The van der Waals surface area contributed by atoms with Crippen LogP contribution in [0.15, 0.2) is 36.8 Å². The number of aryl methyl sites for hydroxylation is 1. The van der Waals surface area contributed by atoms with Crippen molar-refractivity contribution in [1.29, 1.82) is 5.26 Å². The van der Waals surface area contributed by atoms with Crippen molar-refractivity contribution in [3.63, 3.8) is 0 Å². The van der Waals surface area contributed by atoms with Crippen LogP contribution in [0.3, 0.4) is 0 Å². The number of hydrogen-bond donors (Lipinski definition) is 0. The van der Waals surface area contributed by atoms with Crippen LogP contribution in [0.2, 0.25) is 25.7 Å². The van der Waals surface area contributed by atoms with Crippen LogP contribution in [0, 0.1) is 17.3 Å². The fourth-order valence-corrected chi connectivity index (χ4v) is 5.21. The average Bonchev–Trinajstić information content (AvgIpc) is 3.29. The Morgan fingerprint density at radius 1 is 1.22 bits per heavy atom. The van der Waals surface area contributed by atoms with Gasteiger partial charge < -0.3 is 18.9 Å². The standard InChI is InChI=1S/C26H33FN6O2Si/c1-32-17-30-31-26(32)19-8-10-33(11-9-19)24-20(15-28)6-5-7-22(24)21-14-23(25(27)29-16-21)35-18-34-12-13-36(2,3)4/h5-7,14,16-17,19H,8-13,18H2,1-4H3. The number of ether oxygens (including phenoxy) is 2. The zero-order chi connectivity index (χ0) is 25.7. The Morgan fingerprint density at radius 2 is 2.00 bits per heavy atom. The lowest BCUT2D eigenvalue weighted by molar-refractivity contribution is 0.0193. The Kier molecular flexibility index (Phi) is 8.01. The number of nitriles is 1. The van der Waals surface area contributed by atoms with Crippen molar-refractivity contribution in [1.82, 2.24) is 19.7 Å². The summed E-state index contributed by atoms with van der Waals surface area (Å²) in [5.74, 6) is 0.657. The number of nitrogens with zero attached hydrogens (tertiary/aromatic N) is 6. The summed E-state index contributed by atoms with van der Waals surface area (Å²) in [5.41, 5.74) is 2.92.